The van der Waals surface area contributed by atoms with Crippen LogP contribution in [0.1, 0.15) is 31.1 Å². The van der Waals surface area contributed by atoms with Gasteiger partial charge in [-0.25, -0.2) is 13.1 Å². The van der Waals surface area contributed by atoms with Gasteiger partial charge in [-0.3, -0.25) is 0 Å². The molecule has 0 amide bonds. The maximum Gasteiger partial charge on any atom is 0.250 e. The lowest BCUT2D eigenvalue weighted by atomic mass is 10.1. The van der Waals surface area contributed by atoms with E-state index in [9.17, 15) is 8.42 Å². The Morgan fingerprint density at radius 3 is 2.71 bits per heavy atom. The average molecular weight is 332 g/mol. The third kappa shape index (κ3) is 5.34. The van der Waals surface area contributed by atoms with Crippen molar-refractivity contribution in [2.45, 2.75) is 36.9 Å². The monoisotopic (exact) mass is 331 g/mol. The summed E-state index contributed by atoms with van der Waals surface area (Å²) >= 11 is 1.34. The van der Waals surface area contributed by atoms with Crippen LogP contribution < -0.4 is 10.0 Å². The van der Waals surface area contributed by atoms with Crippen LogP contribution >= 0.6 is 11.3 Å². The minimum atomic E-state index is -3.35. The first-order chi connectivity index (χ1) is 10.1. The Morgan fingerprint density at radius 1 is 1.24 bits per heavy atom. The molecule has 1 fully saturated rings. The predicted octanol–water partition coefficient (Wildman–Crippen LogP) is 1.62. The van der Waals surface area contributed by atoms with Gasteiger partial charge in [-0.2, -0.15) is 0 Å². The molecule has 0 bridgehead atoms. The van der Waals surface area contributed by atoms with Crippen molar-refractivity contribution in [3.05, 3.63) is 17.0 Å². The van der Waals surface area contributed by atoms with E-state index in [0.717, 1.165) is 37.6 Å². The quantitative estimate of drug-likeness (QED) is 0.760. The highest BCUT2D eigenvalue weighted by atomic mass is 32.2. The minimum absolute atomic E-state index is 0.411. The van der Waals surface area contributed by atoms with E-state index in [1.54, 1.807) is 6.07 Å². The standard InChI is InChI=1S/C14H25N3O2S2/c1-2-15-12-13-6-7-14(20-13)21(18,19)16-8-11-17-9-4-3-5-10-17/h6-7,15-16H,2-5,8-12H2,1H3. The summed E-state index contributed by atoms with van der Waals surface area (Å²) in [5.41, 5.74) is 0. The number of rotatable bonds is 8. The molecule has 2 N–H and O–H groups in total. The van der Waals surface area contributed by atoms with Crippen LogP contribution in [0.5, 0.6) is 0 Å². The second-order valence-electron chi connectivity index (χ2n) is 5.30. The van der Waals surface area contributed by atoms with Crippen LogP contribution in [-0.4, -0.2) is 46.0 Å². The Morgan fingerprint density at radius 2 is 2.00 bits per heavy atom. The number of nitrogens with one attached hydrogen (secondary N) is 2. The van der Waals surface area contributed by atoms with E-state index in [4.69, 9.17) is 0 Å². The Kier molecular flexibility index (Phi) is 6.63. The molecule has 1 aliphatic rings. The van der Waals surface area contributed by atoms with Crippen molar-refractivity contribution in [2.75, 3.05) is 32.7 Å². The highest BCUT2D eigenvalue weighted by molar-refractivity contribution is 7.91. The molecule has 120 valence electrons. The summed E-state index contributed by atoms with van der Waals surface area (Å²) < 4.78 is 27.6. The van der Waals surface area contributed by atoms with Gasteiger partial charge < -0.3 is 10.2 Å². The molecule has 2 heterocycles. The lowest BCUT2D eigenvalue weighted by Gasteiger charge is -2.26. The van der Waals surface area contributed by atoms with Crippen molar-refractivity contribution < 1.29 is 8.42 Å². The first-order valence-electron chi connectivity index (χ1n) is 7.63. The Balaban J connectivity index is 1.81. The number of hydrogen-bond donors (Lipinski definition) is 2. The van der Waals surface area contributed by atoms with Crippen molar-refractivity contribution in [1.29, 1.82) is 0 Å². The molecular weight excluding hydrogens is 306 g/mol. The molecule has 0 spiro atoms. The van der Waals surface area contributed by atoms with E-state index in [0.29, 0.717) is 10.8 Å². The van der Waals surface area contributed by atoms with Crippen molar-refractivity contribution in [3.8, 4) is 0 Å². The zero-order valence-corrected chi connectivity index (χ0v) is 14.2. The molecule has 0 radical (unpaired) electrons. The number of thiophene rings is 1. The molecule has 21 heavy (non-hydrogen) atoms. The van der Waals surface area contributed by atoms with Crippen LogP contribution in [0.4, 0.5) is 0 Å². The lowest BCUT2D eigenvalue weighted by molar-refractivity contribution is 0.233. The normalized spacial score (nSPS) is 17.2. The fraction of sp³-hybridized carbons (Fsp3) is 0.714. The molecule has 7 heteroatoms. The second-order valence-corrected chi connectivity index (χ2v) is 8.46. The van der Waals surface area contributed by atoms with Crippen molar-refractivity contribution in [2.24, 2.45) is 0 Å². The van der Waals surface area contributed by atoms with Gasteiger partial charge in [-0.15, -0.1) is 11.3 Å². The van der Waals surface area contributed by atoms with Gasteiger partial charge in [-0.1, -0.05) is 13.3 Å². The summed E-state index contributed by atoms with van der Waals surface area (Å²) in [5, 5.41) is 3.20. The van der Waals surface area contributed by atoms with E-state index in [1.165, 1.54) is 30.6 Å². The van der Waals surface area contributed by atoms with Crippen molar-refractivity contribution in [3.63, 3.8) is 0 Å². The zero-order chi connectivity index (χ0) is 15.1. The molecule has 1 aromatic heterocycles. The molecule has 1 aliphatic heterocycles. The van der Waals surface area contributed by atoms with E-state index in [1.807, 2.05) is 13.0 Å². The summed E-state index contributed by atoms with van der Waals surface area (Å²) in [6, 6.07) is 3.58. The Bertz CT molecular complexity index is 522. The Labute approximate surface area is 131 Å². The third-order valence-corrected chi connectivity index (χ3v) is 6.66. The van der Waals surface area contributed by atoms with E-state index in [2.05, 4.69) is 14.9 Å². The SMILES string of the molecule is CCNCc1ccc(S(=O)(=O)NCCN2CCCCC2)s1. The summed E-state index contributed by atoms with van der Waals surface area (Å²) in [5.74, 6) is 0. The molecule has 1 saturated heterocycles. The van der Waals surface area contributed by atoms with Crippen molar-refractivity contribution >= 4 is 21.4 Å². The zero-order valence-electron chi connectivity index (χ0n) is 12.6. The molecule has 0 saturated carbocycles. The molecule has 5 nitrogen and oxygen atoms in total. The summed E-state index contributed by atoms with van der Waals surface area (Å²) in [6.07, 6.45) is 3.75. The first kappa shape index (κ1) is 16.9. The van der Waals surface area contributed by atoms with Crippen LogP contribution in [0.3, 0.4) is 0 Å². The number of likely N-dealkylation sites (tertiary alicyclic amines) is 1. The topological polar surface area (TPSA) is 61.4 Å². The van der Waals surface area contributed by atoms with Crippen LogP contribution in [0, 0.1) is 0 Å². The molecule has 0 atom stereocenters. The fourth-order valence-corrected chi connectivity index (χ4v) is 4.83. The van der Waals surface area contributed by atoms with Gasteiger partial charge in [0.2, 0.25) is 10.0 Å². The number of hydrogen-bond acceptors (Lipinski definition) is 5. The molecule has 0 aliphatic carbocycles. The van der Waals surface area contributed by atoms with Gasteiger partial charge in [0, 0.05) is 24.5 Å². The maximum absolute atomic E-state index is 12.2. The van der Waals surface area contributed by atoms with Crippen LogP contribution in [0.2, 0.25) is 0 Å². The predicted molar refractivity (Wildman–Crippen MR) is 87.2 cm³/mol. The van der Waals surface area contributed by atoms with Crippen LogP contribution in [-0.2, 0) is 16.6 Å². The third-order valence-electron chi connectivity index (χ3n) is 3.62. The average Bonchev–Trinajstić information content (AvgIpc) is 2.96. The Hall–Kier alpha value is -0.470. The van der Waals surface area contributed by atoms with Crippen molar-refractivity contribution in [1.82, 2.24) is 14.9 Å². The number of nitrogens with zero attached hydrogens (tertiary/aromatic N) is 1. The molecule has 2 rings (SSSR count). The maximum atomic E-state index is 12.2. The van der Waals surface area contributed by atoms with Gasteiger partial charge in [0.1, 0.15) is 4.21 Å². The second kappa shape index (κ2) is 8.24. The lowest BCUT2D eigenvalue weighted by Crippen LogP contribution is -2.37. The highest BCUT2D eigenvalue weighted by Gasteiger charge is 2.17. The molecule has 0 aromatic carbocycles. The smallest absolute Gasteiger partial charge is 0.250 e. The van der Waals surface area contributed by atoms with E-state index < -0.39 is 10.0 Å². The highest BCUT2D eigenvalue weighted by Crippen LogP contribution is 2.21. The van der Waals surface area contributed by atoms with Gasteiger partial charge >= 0.3 is 0 Å². The molecule has 0 unspecified atom stereocenters. The molecule has 1 aromatic rings. The summed E-state index contributed by atoms with van der Waals surface area (Å²) in [6.45, 7) is 7.12. The van der Waals surface area contributed by atoms with Gasteiger partial charge in [0.25, 0.3) is 0 Å². The molecular formula is C14H25N3O2S2. The minimum Gasteiger partial charge on any atom is -0.312 e. The van der Waals surface area contributed by atoms with Gasteiger partial charge in [-0.05, 0) is 44.6 Å². The van der Waals surface area contributed by atoms with Crippen LogP contribution in [0.15, 0.2) is 16.3 Å². The van der Waals surface area contributed by atoms with Crippen LogP contribution in [0.25, 0.3) is 0 Å². The van der Waals surface area contributed by atoms with E-state index in [-0.39, 0.29) is 0 Å². The number of piperidine rings is 1. The van der Waals surface area contributed by atoms with Gasteiger partial charge in [0.05, 0.1) is 0 Å². The first-order valence-corrected chi connectivity index (χ1v) is 9.93. The fourth-order valence-electron chi connectivity index (χ4n) is 2.44. The van der Waals surface area contributed by atoms with E-state index >= 15 is 0 Å². The summed E-state index contributed by atoms with van der Waals surface area (Å²) in [4.78, 5) is 3.38. The van der Waals surface area contributed by atoms with Gasteiger partial charge in [0.15, 0.2) is 0 Å². The largest absolute Gasteiger partial charge is 0.312 e. The summed E-state index contributed by atoms with van der Waals surface area (Å²) in [7, 11) is -3.35. The number of sulfonamides is 1.